The molecule has 0 bridgehead atoms. The second kappa shape index (κ2) is 4.84. The molecule has 3 nitrogen and oxygen atoms in total. The van der Waals surface area contributed by atoms with E-state index < -0.39 is 5.60 Å². The molecule has 2 heterocycles. The molecule has 1 unspecified atom stereocenters. The molecule has 0 radical (unpaired) electrons. The molecular formula is C12H23NO2S. The van der Waals surface area contributed by atoms with E-state index in [1.165, 1.54) is 0 Å². The van der Waals surface area contributed by atoms with Crippen LogP contribution >= 0.6 is 12.6 Å². The standard InChI is InChI=1S/C12H23NO2S/c1-11(14)2-5-13(8-11)9-12(10-16)3-6-15-7-4-12/h14,16H,2-10H2,1H3. The third-order valence-corrected chi connectivity index (χ3v) is 4.65. The van der Waals surface area contributed by atoms with Crippen LogP contribution in [0.2, 0.25) is 0 Å². The Morgan fingerprint density at radius 3 is 2.50 bits per heavy atom. The fourth-order valence-corrected chi connectivity index (χ4v) is 3.23. The monoisotopic (exact) mass is 245 g/mol. The van der Waals surface area contributed by atoms with Gasteiger partial charge >= 0.3 is 0 Å². The maximum atomic E-state index is 9.97. The van der Waals surface area contributed by atoms with Crippen molar-refractivity contribution in [1.82, 2.24) is 4.90 Å². The Hall–Kier alpha value is 0.230. The molecule has 2 fully saturated rings. The second-order valence-corrected chi connectivity index (χ2v) is 6.04. The van der Waals surface area contributed by atoms with Gasteiger partial charge in [-0.25, -0.2) is 0 Å². The number of hydrogen-bond acceptors (Lipinski definition) is 4. The molecule has 2 rings (SSSR count). The fourth-order valence-electron chi connectivity index (χ4n) is 2.82. The van der Waals surface area contributed by atoms with Crippen LogP contribution in [0.15, 0.2) is 0 Å². The second-order valence-electron chi connectivity index (χ2n) is 5.73. The third-order valence-electron chi connectivity index (χ3n) is 3.98. The van der Waals surface area contributed by atoms with Crippen LogP contribution in [0.1, 0.15) is 26.2 Å². The largest absolute Gasteiger partial charge is 0.389 e. The molecule has 0 aromatic heterocycles. The lowest BCUT2D eigenvalue weighted by Crippen LogP contribution is -2.43. The van der Waals surface area contributed by atoms with Crippen molar-refractivity contribution in [3.8, 4) is 0 Å². The molecule has 2 aliphatic heterocycles. The fraction of sp³-hybridized carbons (Fsp3) is 1.00. The summed E-state index contributed by atoms with van der Waals surface area (Å²) >= 11 is 4.52. The Kier molecular flexibility index (Phi) is 3.84. The van der Waals surface area contributed by atoms with E-state index in [9.17, 15) is 5.11 Å². The first kappa shape index (κ1) is 12.7. The van der Waals surface area contributed by atoms with Crippen LogP contribution in [0.5, 0.6) is 0 Å². The number of β-amino-alcohol motifs (C(OH)–C–C–N with tert-alkyl or cyclic N) is 1. The molecule has 0 saturated carbocycles. The molecule has 2 saturated heterocycles. The van der Waals surface area contributed by atoms with Gasteiger partial charge in [0.05, 0.1) is 5.60 Å². The molecular weight excluding hydrogens is 222 g/mol. The molecule has 1 atom stereocenters. The zero-order chi connectivity index (χ0) is 11.6. The average molecular weight is 245 g/mol. The Bertz CT molecular complexity index is 239. The number of thiol groups is 1. The first-order chi connectivity index (χ1) is 7.55. The summed E-state index contributed by atoms with van der Waals surface area (Å²) in [5.41, 5.74) is -0.176. The van der Waals surface area contributed by atoms with Crippen molar-refractivity contribution in [3.63, 3.8) is 0 Å². The van der Waals surface area contributed by atoms with Crippen molar-refractivity contribution in [2.75, 3.05) is 38.6 Å². The third kappa shape index (κ3) is 2.92. The summed E-state index contributed by atoms with van der Waals surface area (Å²) in [7, 11) is 0. The lowest BCUT2D eigenvalue weighted by Gasteiger charge is -2.39. The predicted molar refractivity (Wildman–Crippen MR) is 68.0 cm³/mol. The SMILES string of the molecule is CC1(O)CCN(CC2(CS)CCOCC2)C1. The summed E-state index contributed by atoms with van der Waals surface area (Å²) in [6.07, 6.45) is 3.11. The van der Waals surface area contributed by atoms with E-state index >= 15 is 0 Å². The molecule has 2 aliphatic rings. The number of rotatable bonds is 3. The number of hydrogen-bond donors (Lipinski definition) is 2. The van der Waals surface area contributed by atoms with E-state index in [0.29, 0.717) is 5.41 Å². The zero-order valence-corrected chi connectivity index (χ0v) is 11.0. The van der Waals surface area contributed by atoms with Crippen LogP contribution in [0.4, 0.5) is 0 Å². The van der Waals surface area contributed by atoms with Crippen molar-refractivity contribution in [2.45, 2.75) is 31.8 Å². The van der Waals surface area contributed by atoms with E-state index in [2.05, 4.69) is 17.5 Å². The van der Waals surface area contributed by atoms with E-state index in [-0.39, 0.29) is 0 Å². The van der Waals surface area contributed by atoms with Gasteiger partial charge in [0, 0.05) is 32.8 Å². The Balaban J connectivity index is 1.91. The van der Waals surface area contributed by atoms with Crippen LogP contribution in [0, 0.1) is 5.41 Å². The van der Waals surface area contributed by atoms with E-state index in [1.807, 2.05) is 6.92 Å². The van der Waals surface area contributed by atoms with Crippen LogP contribution < -0.4 is 0 Å². The smallest absolute Gasteiger partial charge is 0.0758 e. The number of likely N-dealkylation sites (tertiary alicyclic amines) is 1. The van der Waals surface area contributed by atoms with Crippen LogP contribution in [0.25, 0.3) is 0 Å². The Morgan fingerprint density at radius 1 is 1.31 bits per heavy atom. The van der Waals surface area contributed by atoms with Gasteiger partial charge in [0.25, 0.3) is 0 Å². The summed E-state index contributed by atoms with van der Waals surface area (Å²) in [6, 6.07) is 0. The van der Waals surface area contributed by atoms with Crippen molar-refractivity contribution in [1.29, 1.82) is 0 Å². The minimum Gasteiger partial charge on any atom is -0.389 e. The van der Waals surface area contributed by atoms with Gasteiger partial charge in [-0.2, -0.15) is 12.6 Å². The van der Waals surface area contributed by atoms with Crippen LogP contribution in [-0.4, -0.2) is 54.2 Å². The normalized spacial score (nSPS) is 35.4. The zero-order valence-electron chi connectivity index (χ0n) is 10.1. The average Bonchev–Trinajstić information content (AvgIpc) is 2.59. The lowest BCUT2D eigenvalue weighted by atomic mass is 9.81. The van der Waals surface area contributed by atoms with E-state index in [4.69, 9.17) is 4.74 Å². The molecule has 0 aromatic rings. The molecule has 4 heteroatoms. The summed E-state index contributed by atoms with van der Waals surface area (Å²) in [4.78, 5) is 2.39. The van der Waals surface area contributed by atoms with Crippen molar-refractivity contribution in [3.05, 3.63) is 0 Å². The summed E-state index contributed by atoms with van der Waals surface area (Å²) in [5, 5.41) is 9.97. The summed E-state index contributed by atoms with van der Waals surface area (Å²) in [5.74, 6) is 0.926. The molecule has 0 amide bonds. The minimum atomic E-state index is -0.483. The molecule has 1 N–H and O–H groups in total. The van der Waals surface area contributed by atoms with Crippen LogP contribution in [0.3, 0.4) is 0 Å². The van der Waals surface area contributed by atoms with Gasteiger partial charge < -0.3 is 9.84 Å². The first-order valence-electron chi connectivity index (χ1n) is 6.19. The highest BCUT2D eigenvalue weighted by molar-refractivity contribution is 7.80. The molecule has 16 heavy (non-hydrogen) atoms. The highest BCUT2D eigenvalue weighted by Crippen LogP contribution is 2.34. The quantitative estimate of drug-likeness (QED) is 0.732. The number of nitrogens with zero attached hydrogens (tertiary/aromatic N) is 1. The highest BCUT2D eigenvalue weighted by Gasteiger charge is 2.38. The molecule has 94 valence electrons. The maximum Gasteiger partial charge on any atom is 0.0758 e. The minimum absolute atomic E-state index is 0.307. The van der Waals surface area contributed by atoms with Gasteiger partial charge in [0.15, 0.2) is 0 Å². The summed E-state index contributed by atoms with van der Waals surface area (Å²) < 4.78 is 5.43. The molecule has 0 aromatic carbocycles. The first-order valence-corrected chi connectivity index (χ1v) is 6.82. The lowest BCUT2D eigenvalue weighted by molar-refractivity contribution is 0.00512. The van der Waals surface area contributed by atoms with Crippen molar-refractivity contribution < 1.29 is 9.84 Å². The van der Waals surface area contributed by atoms with Gasteiger partial charge in [0.2, 0.25) is 0 Å². The van der Waals surface area contributed by atoms with Crippen molar-refractivity contribution >= 4 is 12.6 Å². The summed E-state index contributed by atoms with van der Waals surface area (Å²) in [6.45, 7) is 6.56. The molecule has 0 aliphatic carbocycles. The Labute approximate surface area is 104 Å². The van der Waals surface area contributed by atoms with Crippen molar-refractivity contribution in [2.24, 2.45) is 5.41 Å². The number of aliphatic hydroxyl groups is 1. The Morgan fingerprint density at radius 2 is 2.00 bits per heavy atom. The van der Waals surface area contributed by atoms with E-state index in [0.717, 1.165) is 57.9 Å². The topological polar surface area (TPSA) is 32.7 Å². The maximum absolute atomic E-state index is 9.97. The molecule has 0 spiro atoms. The van der Waals surface area contributed by atoms with Crippen LogP contribution in [-0.2, 0) is 4.74 Å². The van der Waals surface area contributed by atoms with Gasteiger partial charge in [-0.05, 0) is 37.4 Å². The van der Waals surface area contributed by atoms with Gasteiger partial charge in [-0.3, -0.25) is 4.90 Å². The van der Waals surface area contributed by atoms with Gasteiger partial charge in [-0.15, -0.1) is 0 Å². The predicted octanol–water partition coefficient (Wildman–Crippen LogP) is 1.17. The number of ether oxygens (including phenoxy) is 1. The van der Waals surface area contributed by atoms with Gasteiger partial charge in [0.1, 0.15) is 0 Å². The van der Waals surface area contributed by atoms with Gasteiger partial charge in [-0.1, -0.05) is 0 Å². The van der Waals surface area contributed by atoms with E-state index in [1.54, 1.807) is 0 Å². The highest BCUT2D eigenvalue weighted by atomic mass is 32.1.